The van der Waals surface area contributed by atoms with Gasteiger partial charge >= 0.3 is 0 Å². The van der Waals surface area contributed by atoms with Gasteiger partial charge in [0.05, 0.1) is 17.7 Å². The summed E-state index contributed by atoms with van der Waals surface area (Å²) in [6, 6.07) is 19.9. The van der Waals surface area contributed by atoms with E-state index < -0.39 is 10.0 Å². The summed E-state index contributed by atoms with van der Waals surface area (Å²) in [4.78, 5) is 0.282. The van der Waals surface area contributed by atoms with Crippen molar-refractivity contribution in [2.24, 2.45) is 0 Å². The predicted octanol–water partition coefficient (Wildman–Crippen LogP) is 4.86. The first-order chi connectivity index (χ1) is 12.9. The predicted molar refractivity (Wildman–Crippen MR) is 109 cm³/mol. The van der Waals surface area contributed by atoms with Crippen LogP contribution in [0.25, 0.3) is 0 Å². The van der Waals surface area contributed by atoms with Gasteiger partial charge in [0.25, 0.3) is 10.0 Å². The molecule has 27 heavy (non-hydrogen) atoms. The van der Waals surface area contributed by atoms with Gasteiger partial charge in [-0.2, -0.15) is 0 Å². The van der Waals surface area contributed by atoms with Crippen LogP contribution in [0.15, 0.2) is 71.6 Å². The van der Waals surface area contributed by atoms with Crippen LogP contribution in [0, 0.1) is 13.8 Å². The van der Waals surface area contributed by atoms with E-state index in [-0.39, 0.29) is 4.90 Å². The Morgan fingerprint density at radius 2 is 1.52 bits per heavy atom. The first-order valence-corrected chi connectivity index (χ1v) is 9.97. The SMILES string of the molecule is COc1ccccc1Nc1ccc(NS(=O)(=O)c2ccc(C)cc2C)cc1. The number of hydrogen-bond donors (Lipinski definition) is 2. The molecule has 0 unspecified atom stereocenters. The number of aryl methyl sites for hydroxylation is 2. The van der Waals surface area contributed by atoms with Crippen molar-refractivity contribution >= 4 is 27.1 Å². The summed E-state index contributed by atoms with van der Waals surface area (Å²) in [5.41, 5.74) is 3.91. The molecule has 0 aromatic heterocycles. The van der Waals surface area contributed by atoms with E-state index in [1.165, 1.54) is 0 Å². The van der Waals surface area contributed by atoms with Crippen molar-refractivity contribution in [2.75, 3.05) is 17.1 Å². The van der Waals surface area contributed by atoms with Crippen LogP contribution in [-0.2, 0) is 10.0 Å². The summed E-state index contributed by atoms with van der Waals surface area (Å²) >= 11 is 0. The second kappa shape index (κ2) is 7.72. The lowest BCUT2D eigenvalue weighted by molar-refractivity contribution is 0.417. The number of methoxy groups -OCH3 is 1. The molecule has 2 N–H and O–H groups in total. The Bertz CT molecular complexity index is 1050. The Kier molecular flexibility index (Phi) is 5.37. The highest BCUT2D eigenvalue weighted by Gasteiger charge is 2.16. The second-order valence-electron chi connectivity index (χ2n) is 6.28. The van der Waals surface area contributed by atoms with E-state index in [1.54, 1.807) is 38.3 Å². The summed E-state index contributed by atoms with van der Waals surface area (Å²) in [7, 11) is -2.02. The molecule has 3 rings (SSSR count). The fraction of sp³-hybridized carbons (Fsp3) is 0.143. The number of nitrogens with one attached hydrogen (secondary N) is 2. The van der Waals surface area contributed by atoms with Crippen molar-refractivity contribution < 1.29 is 13.2 Å². The van der Waals surface area contributed by atoms with Crippen LogP contribution in [0.1, 0.15) is 11.1 Å². The topological polar surface area (TPSA) is 67.4 Å². The van der Waals surface area contributed by atoms with Crippen molar-refractivity contribution in [1.29, 1.82) is 0 Å². The van der Waals surface area contributed by atoms with Crippen LogP contribution in [0.3, 0.4) is 0 Å². The third-order valence-corrected chi connectivity index (χ3v) is 5.68. The Hall–Kier alpha value is -2.99. The lowest BCUT2D eigenvalue weighted by Gasteiger charge is -2.13. The number of benzene rings is 3. The molecule has 0 aliphatic heterocycles. The molecule has 0 heterocycles. The molecule has 0 aliphatic rings. The fourth-order valence-corrected chi connectivity index (χ4v) is 4.12. The van der Waals surface area contributed by atoms with Crippen molar-refractivity contribution in [3.8, 4) is 5.75 Å². The molecule has 140 valence electrons. The second-order valence-corrected chi connectivity index (χ2v) is 7.93. The van der Waals surface area contributed by atoms with Gasteiger partial charge in [-0.3, -0.25) is 4.72 Å². The minimum atomic E-state index is -3.63. The van der Waals surface area contributed by atoms with Gasteiger partial charge in [-0.25, -0.2) is 8.42 Å². The standard InChI is InChI=1S/C21H22N2O3S/c1-15-8-13-21(16(2)14-15)27(24,25)23-18-11-9-17(10-12-18)22-19-6-4-5-7-20(19)26-3/h4-14,22-23H,1-3H3. The highest BCUT2D eigenvalue weighted by Crippen LogP contribution is 2.28. The van der Waals surface area contributed by atoms with Crippen LogP contribution < -0.4 is 14.8 Å². The van der Waals surface area contributed by atoms with Gasteiger partial charge in [0.1, 0.15) is 5.75 Å². The summed E-state index contributed by atoms with van der Waals surface area (Å²) in [5, 5.41) is 3.26. The number of ether oxygens (including phenoxy) is 1. The molecule has 0 amide bonds. The summed E-state index contributed by atoms with van der Waals surface area (Å²) in [6.45, 7) is 3.73. The van der Waals surface area contributed by atoms with Gasteiger partial charge in [0.2, 0.25) is 0 Å². The molecule has 0 saturated heterocycles. The molecule has 0 atom stereocenters. The van der Waals surface area contributed by atoms with E-state index in [2.05, 4.69) is 10.0 Å². The molecule has 0 fully saturated rings. The third-order valence-electron chi connectivity index (χ3n) is 4.14. The first-order valence-electron chi connectivity index (χ1n) is 8.49. The number of para-hydroxylation sites is 2. The molecular weight excluding hydrogens is 360 g/mol. The Morgan fingerprint density at radius 1 is 0.852 bits per heavy atom. The van der Waals surface area contributed by atoms with E-state index in [9.17, 15) is 8.42 Å². The van der Waals surface area contributed by atoms with Crippen LogP contribution in [0.2, 0.25) is 0 Å². The fourth-order valence-electron chi connectivity index (χ4n) is 2.84. The Balaban J connectivity index is 1.77. The van der Waals surface area contributed by atoms with Gasteiger partial charge in [-0.05, 0) is 61.9 Å². The van der Waals surface area contributed by atoms with Crippen molar-refractivity contribution in [3.05, 3.63) is 77.9 Å². The van der Waals surface area contributed by atoms with Crippen LogP contribution in [0.5, 0.6) is 5.75 Å². The van der Waals surface area contributed by atoms with Gasteiger partial charge < -0.3 is 10.1 Å². The van der Waals surface area contributed by atoms with Gasteiger partial charge in [0, 0.05) is 11.4 Å². The van der Waals surface area contributed by atoms with Crippen LogP contribution in [0.4, 0.5) is 17.1 Å². The molecule has 0 saturated carbocycles. The van der Waals surface area contributed by atoms with Crippen LogP contribution >= 0.6 is 0 Å². The average Bonchev–Trinajstić information content (AvgIpc) is 2.63. The molecule has 3 aromatic carbocycles. The monoisotopic (exact) mass is 382 g/mol. The molecular formula is C21H22N2O3S. The third kappa shape index (κ3) is 4.41. The number of anilines is 3. The Labute approximate surface area is 160 Å². The average molecular weight is 382 g/mol. The van der Waals surface area contributed by atoms with Gasteiger partial charge in [-0.15, -0.1) is 0 Å². The van der Waals surface area contributed by atoms with Crippen molar-refractivity contribution in [2.45, 2.75) is 18.7 Å². The number of rotatable bonds is 6. The molecule has 0 radical (unpaired) electrons. The molecule has 0 aliphatic carbocycles. The van der Waals surface area contributed by atoms with Gasteiger partial charge in [-0.1, -0.05) is 29.8 Å². The Morgan fingerprint density at radius 3 is 2.19 bits per heavy atom. The van der Waals surface area contributed by atoms with E-state index in [1.807, 2.05) is 49.4 Å². The van der Waals surface area contributed by atoms with E-state index in [4.69, 9.17) is 4.74 Å². The van der Waals surface area contributed by atoms with Crippen LogP contribution in [-0.4, -0.2) is 15.5 Å². The molecule has 0 bridgehead atoms. The first kappa shape index (κ1) is 18.8. The zero-order valence-corrected chi connectivity index (χ0v) is 16.3. The maximum Gasteiger partial charge on any atom is 0.262 e. The zero-order valence-electron chi connectivity index (χ0n) is 15.5. The normalized spacial score (nSPS) is 11.1. The smallest absolute Gasteiger partial charge is 0.262 e. The quantitative estimate of drug-likeness (QED) is 0.639. The zero-order chi connectivity index (χ0) is 19.4. The van der Waals surface area contributed by atoms with E-state index in [0.717, 1.165) is 28.3 Å². The highest BCUT2D eigenvalue weighted by molar-refractivity contribution is 7.92. The highest BCUT2D eigenvalue weighted by atomic mass is 32.2. The summed E-state index contributed by atoms with van der Waals surface area (Å²) < 4.78 is 33.2. The van der Waals surface area contributed by atoms with Crippen molar-refractivity contribution in [3.63, 3.8) is 0 Å². The molecule has 0 spiro atoms. The minimum absolute atomic E-state index is 0.282. The van der Waals surface area contributed by atoms with E-state index >= 15 is 0 Å². The largest absolute Gasteiger partial charge is 0.495 e. The van der Waals surface area contributed by atoms with Crippen molar-refractivity contribution in [1.82, 2.24) is 0 Å². The number of sulfonamides is 1. The lowest BCUT2D eigenvalue weighted by Crippen LogP contribution is -2.14. The summed E-state index contributed by atoms with van der Waals surface area (Å²) in [5.74, 6) is 0.733. The lowest BCUT2D eigenvalue weighted by atomic mass is 10.2. The summed E-state index contributed by atoms with van der Waals surface area (Å²) in [6.07, 6.45) is 0. The minimum Gasteiger partial charge on any atom is -0.495 e. The maximum atomic E-state index is 12.6. The van der Waals surface area contributed by atoms with Gasteiger partial charge in [0.15, 0.2) is 0 Å². The molecule has 5 nitrogen and oxygen atoms in total. The maximum absolute atomic E-state index is 12.6. The number of hydrogen-bond acceptors (Lipinski definition) is 4. The molecule has 3 aromatic rings. The van der Waals surface area contributed by atoms with E-state index in [0.29, 0.717) is 5.69 Å². The molecule has 6 heteroatoms.